The van der Waals surface area contributed by atoms with Gasteiger partial charge in [0.25, 0.3) is 5.91 Å². The predicted molar refractivity (Wildman–Crippen MR) is 76.8 cm³/mol. The molecule has 0 fully saturated rings. The van der Waals surface area contributed by atoms with E-state index < -0.39 is 0 Å². The molecule has 0 saturated carbocycles. The average molecular weight is 283 g/mol. The summed E-state index contributed by atoms with van der Waals surface area (Å²) in [6.45, 7) is 0.792. The summed E-state index contributed by atoms with van der Waals surface area (Å²) in [5.74, 6) is 0.202. The number of rotatable bonds is 5. The molecule has 0 unspecified atom stereocenters. The highest BCUT2D eigenvalue weighted by atomic mass is 16.1. The average Bonchev–Trinajstić information content (AvgIpc) is 2.52. The number of nitriles is 1. The van der Waals surface area contributed by atoms with Crippen LogP contribution in [0.2, 0.25) is 0 Å². The standard InChI is InChI=1S/C14H13N5O2/c15-8-10-2-1-5-16-13(10)17-6-7-18-14(21)11-3-4-12(20)19-9-11/h1-5,9H,6-7H2,(H,16,17)(H,18,21)(H,19,20). The third-order valence-electron chi connectivity index (χ3n) is 2.68. The van der Waals surface area contributed by atoms with E-state index in [-0.39, 0.29) is 11.5 Å². The Bertz CT molecular complexity index is 712. The third kappa shape index (κ3) is 3.91. The number of hydrogen-bond donors (Lipinski definition) is 3. The molecule has 0 bridgehead atoms. The summed E-state index contributed by atoms with van der Waals surface area (Å²) in [6.07, 6.45) is 2.94. The Morgan fingerprint density at radius 1 is 1.33 bits per heavy atom. The molecule has 106 valence electrons. The Labute approximate surface area is 120 Å². The fourth-order valence-electron chi connectivity index (χ4n) is 1.65. The SMILES string of the molecule is N#Cc1cccnc1NCCNC(=O)c1ccc(=O)[nH]c1. The summed E-state index contributed by atoms with van der Waals surface area (Å²) in [5.41, 5.74) is 0.571. The van der Waals surface area contributed by atoms with Gasteiger partial charge in [-0.2, -0.15) is 5.26 Å². The molecule has 0 radical (unpaired) electrons. The van der Waals surface area contributed by atoms with Crippen LogP contribution < -0.4 is 16.2 Å². The monoisotopic (exact) mass is 283 g/mol. The van der Waals surface area contributed by atoms with Gasteiger partial charge in [-0.15, -0.1) is 0 Å². The lowest BCUT2D eigenvalue weighted by Crippen LogP contribution is -2.29. The fraction of sp³-hybridized carbons (Fsp3) is 0.143. The van der Waals surface area contributed by atoms with Crippen LogP contribution in [0, 0.1) is 11.3 Å². The number of amides is 1. The molecule has 2 rings (SSSR count). The lowest BCUT2D eigenvalue weighted by molar-refractivity contribution is 0.0955. The van der Waals surface area contributed by atoms with Crippen molar-refractivity contribution in [2.24, 2.45) is 0 Å². The number of H-pyrrole nitrogens is 1. The maximum Gasteiger partial charge on any atom is 0.252 e. The van der Waals surface area contributed by atoms with Crippen molar-refractivity contribution in [3.8, 4) is 6.07 Å². The van der Waals surface area contributed by atoms with E-state index >= 15 is 0 Å². The first-order valence-corrected chi connectivity index (χ1v) is 6.26. The van der Waals surface area contributed by atoms with Crippen LogP contribution >= 0.6 is 0 Å². The van der Waals surface area contributed by atoms with Crippen LogP contribution in [0.15, 0.2) is 41.5 Å². The highest BCUT2D eigenvalue weighted by Crippen LogP contribution is 2.08. The predicted octanol–water partition coefficient (Wildman–Crippen LogP) is 0.483. The van der Waals surface area contributed by atoms with Gasteiger partial charge in [0.05, 0.1) is 11.1 Å². The maximum atomic E-state index is 11.8. The molecule has 0 atom stereocenters. The first kappa shape index (κ1) is 14.3. The second-order valence-corrected chi connectivity index (χ2v) is 4.14. The van der Waals surface area contributed by atoms with E-state index in [0.717, 1.165) is 0 Å². The molecule has 2 aromatic rings. The van der Waals surface area contributed by atoms with Gasteiger partial charge < -0.3 is 15.6 Å². The number of aromatic amines is 1. The molecular formula is C14H13N5O2. The molecular weight excluding hydrogens is 270 g/mol. The quantitative estimate of drug-likeness (QED) is 0.691. The number of pyridine rings is 2. The van der Waals surface area contributed by atoms with E-state index in [1.54, 1.807) is 18.3 Å². The Balaban J connectivity index is 1.82. The van der Waals surface area contributed by atoms with E-state index in [2.05, 4.69) is 20.6 Å². The number of carbonyl (C=O) groups excluding carboxylic acids is 1. The van der Waals surface area contributed by atoms with Crippen molar-refractivity contribution in [3.63, 3.8) is 0 Å². The van der Waals surface area contributed by atoms with E-state index in [1.807, 2.05) is 6.07 Å². The molecule has 3 N–H and O–H groups in total. The van der Waals surface area contributed by atoms with Crippen LogP contribution in [0.5, 0.6) is 0 Å². The van der Waals surface area contributed by atoms with Gasteiger partial charge in [-0.1, -0.05) is 0 Å². The molecule has 1 amide bonds. The van der Waals surface area contributed by atoms with E-state index in [0.29, 0.717) is 30.0 Å². The molecule has 2 heterocycles. The van der Waals surface area contributed by atoms with Crippen molar-refractivity contribution in [1.29, 1.82) is 5.26 Å². The van der Waals surface area contributed by atoms with Crippen molar-refractivity contribution in [1.82, 2.24) is 15.3 Å². The molecule has 21 heavy (non-hydrogen) atoms. The molecule has 0 aromatic carbocycles. The van der Waals surface area contributed by atoms with E-state index in [1.165, 1.54) is 18.3 Å². The zero-order valence-corrected chi connectivity index (χ0v) is 11.1. The summed E-state index contributed by atoms with van der Waals surface area (Å²) in [7, 11) is 0. The second-order valence-electron chi connectivity index (χ2n) is 4.14. The van der Waals surface area contributed by atoms with Crippen molar-refractivity contribution in [2.45, 2.75) is 0 Å². The summed E-state index contributed by atoms with van der Waals surface area (Å²) >= 11 is 0. The third-order valence-corrected chi connectivity index (χ3v) is 2.68. The van der Waals surface area contributed by atoms with Crippen LogP contribution in [0.1, 0.15) is 15.9 Å². The number of anilines is 1. The van der Waals surface area contributed by atoms with Gasteiger partial charge in [0.15, 0.2) is 0 Å². The number of nitrogens with zero attached hydrogens (tertiary/aromatic N) is 2. The van der Waals surface area contributed by atoms with Gasteiger partial charge in [-0.25, -0.2) is 4.98 Å². The van der Waals surface area contributed by atoms with Gasteiger partial charge in [0.2, 0.25) is 5.56 Å². The number of carbonyl (C=O) groups is 1. The molecule has 7 nitrogen and oxygen atoms in total. The van der Waals surface area contributed by atoms with E-state index in [9.17, 15) is 9.59 Å². The number of hydrogen-bond acceptors (Lipinski definition) is 5. The zero-order valence-electron chi connectivity index (χ0n) is 11.1. The molecule has 0 saturated heterocycles. The molecule has 0 spiro atoms. The van der Waals surface area contributed by atoms with Gasteiger partial charge in [0.1, 0.15) is 11.9 Å². The Morgan fingerprint density at radius 2 is 2.19 bits per heavy atom. The first-order valence-electron chi connectivity index (χ1n) is 6.26. The number of aromatic nitrogens is 2. The zero-order chi connectivity index (χ0) is 15.1. The summed E-state index contributed by atoms with van der Waals surface area (Å²) < 4.78 is 0. The topological polar surface area (TPSA) is 111 Å². The van der Waals surface area contributed by atoms with Gasteiger partial charge >= 0.3 is 0 Å². The van der Waals surface area contributed by atoms with Crippen molar-refractivity contribution >= 4 is 11.7 Å². The molecule has 0 aliphatic rings. The highest BCUT2D eigenvalue weighted by molar-refractivity contribution is 5.93. The summed E-state index contributed by atoms with van der Waals surface area (Å²) in [5, 5.41) is 14.6. The summed E-state index contributed by atoms with van der Waals surface area (Å²) in [4.78, 5) is 29.1. The van der Waals surface area contributed by atoms with Crippen LogP contribution in [0.4, 0.5) is 5.82 Å². The van der Waals surface area contributed by atoms with Crippen LogP contribution in [-0.2, 0) is 0 Å². The summed E-state index contributed by atoms with van der Waals surface area (Å²) in [6, 6.07) is 8.12. The minimum Gasteiger partial charge on any atom is -0.367 e. The lowest BCUT2D eigenvalue weighted by Gasteiger charge is -2.08. The Morgan fingerprint density at radius 3 is 2.90 bits per heavy atom. The largest absolute Gasteiger partial charge is 0.367 e. The van der Waals surface area contributed by atoms with Crippen molar-refractivity contribution in [3.05, 3.63) is 58.1 Å². The Kier molecular flexibility index (Phi) is 4.66. The van der Waals surface area contributed by atoms with Crippen molar-refractivity contribution < 1.29 is 4.79 Å². The van der Waals surface area contributed by atoms with E-state index in [4.69, 9.17) is 5.26 Å². The van der Waals surface area contributed by atoms with Crippen molar-refractivity contribution in [2.75, 3.05) is 18.4 Å². The Hall–Kier alpha value is -3.14. The molecule has 2 aromatic heterocycles. The van der Waals surface area contributed by atoms with Gasteiger partial charge in [0, 0.05) is 31.5 Å². The maximum absolute atomic E-state index is 11.8. The number of nitrogens with one attached hydrogen (secondary N) is 3. The van der Waals surface area contributed by atoms with Gasteiger partial charge in [-0.05, 0) is 18.2 Å². The highest BCUT2D eigenvalue weighted by Gasteiger charge is 2.05. The minimum absolute atomic E-state index is 0.257. The molecule has 0 aliphatic carbocycles. The second kappa shape index (κ2) is 6.86. The molecule has 7 heteroatoms. The van der Waals surface area contributed by atoms with Crippen LogP contribution in [-0.4, -0.2) is 29.0 Å². The van der Waals surface area contributed by atoms with Crippen LogP contribution in [0.25, 0.3) is 0 Å². The van der Waals surface area contributed by atoms with Gasteiger partial charge in [-0.3, -0.25) is 9.59 Å². The fourth-order valence-corrected chi connectivity index (χ4v) is 1.65. The first-order chi connectivity index (χ1) is 10.2. The smallest absolute Gasteiger partial charge is 0.252 e. The molecule has 0 aliphatic heterocycles. The normalized spacial score (nSPS) is 9.67. The minimum atomic E-state index is -0.283. The lowest BCUT2D eigenvalue weighted by atomic mass is 10.2. The van der Waals surface area contributed by atoms with Crippen LogP contribution in [0.3, 0.4) is 0 Å².